The van der Waals surface area contributed by atoms with Crippen molar-refractivity contribution >= 4 is 22.8 Å². The lowest BCUT2D eigenvalue weighted by atomic mass is 10.0. The van der Waals surface area contributed by atoms with Gasteiger partial charge < -0.3 is 0 Å². The van der Waals surface area contributed by atoms with E-state index in [-0.39, 0.29) is 0 Å². The summed E-state index contributed by atoms with van der Waals surface area (Å²) in [6.07, 6.45) is 0. The highest BCUT2D eigenvalue weighted by Gasteiger charge is 2.06. The van der Waals surface area contributed by atoms with Gasteiger partial charge in [0.25, 0.3) is 0 Å². The molecule has 0 amide bonds. The second kappa shape index (κ2) is 9.62. The molecule has 0 fully saturated rings. The lowest BCUT2D eigenvalue weighted by Gasteiger charge is -2.07. The highest BCUT2D eigenvalue weighted by Crippen LogP contribution is 2.21. The second-order valence-corrected chi connectivity index (χ2v) is 8.29. The first-order valence-electron chi connectivity index (χ1n) is 10.6. The van der Waals surface area contributed by atoms with E-state index in [2.05, 4.69) is 76.2 Å². The van der Waals surface area contributed by atoms with Crippen molar-refractivity contribution < 1.29 is 0 Å². The average Bonchev–Trinajstić information content (AvgIpc) is 2.74. The van der Waals surface area contributed by atoms with E-state index >= 15 is 0 Å². The van der Waals surface area contributed by atoms with Crippen LogP contribution < -0.4 is 0 Å². The van der Waals surface area contributed by atoms with E-state index in [0.717, 1.165) is 34.2 Å². The first-order valence-corrected chi connectivity index (χ1v) is 10.6. The van der Waals surface area contributed by atoms with E-state index in [1.807, 2.05) is 32.0 Å². The predicted octanol–water partition coefficient (Wildman–Crippen LogP) is 7.61. The maximum atomic E-state index is 4.79. The van der Waals surface area contributed by atoms with Gasteiger partial charge in [-0.3, -0.25) is 9.98 Å². The first-order chi connectivity index (χ1) is 14.3. The fraction of sp³-hybridized carbons (Fsp3) is 0.296. The average molecular weight is 398 g/mol. The Bertz CT molecular complexity index is 957. The van der Waals surface area contributed by atoms with Crippen LogP contribution in [0.5, 0.6) is 0 Å². The summed E-state index contributed by atoms with van der Waals surface area (Å²) in [6.45, 7) is 12.8. The second-order valence-electron chi connectivity index (χ2n) is 8.29. The summed E-state index contributed by atoms with van der Waals surface area (Å²) < 4.78 is 0. The molecule has 0 aliphatic rings. The van der Waals surface area contributed by atoms with Gasteiger partial charge in [0, 0.05) is 0 Å². The van der Waals surface area contributed by atoms with Gasteiger partial charge in [0.2, 0.25) is 0 Å². The maximum Gasteiger partial charge on any atom is 0.0849 e. The van der Waals surface area contributed by atoms with Crippen LogP contribution in [0.2, 0.25) is 0 Å². The summed E-state index contributed by atoms with van der Waals surface area (Å²) in [4.78, 5) is 14.3. The van der Waals surface area contributed by atoms with Crippen LogP contribution in [0.1, 0.15) is 75.9 Å². The lowest BCUT2D eigenvalue weighted by molar-refractivity contribution is 0.867. The number of benzene rings is 2. The van der Waals surface area contributed by atoms with Crippen LogP contribution in [0.4, 0.5) is 11.4 Å². The molecule has 0 unspecified atom stereocenters. The van der Waals surface area contributed by atoms with E-state index < -0.39 is 0 Å². The first kappa shape index (κ1) is 21.6. The van der Waals surface area contributed by atoms with Crippen LogP contribution in [0.25, 0.3) is 0 Å². The normalized spacial score (nSPS) is 12.7. The Balaban J connectivity index is 1.82. The van der Waals surface area contributed by atoms with Gasteiger partial charge in [-0.2, -0.15) is 0 Å². The Morgan fingerprint density at radius 1 is 0.600 bits per heavy atom. The van der Waals surface area contributed by atoms with Crippen LogP contribution in [0, 0.1) is 0 Å². The van der Waals surface area contributed by atoms with Crippen molar-refractivity contribution in [1.82, 2.24) is 4.98 Å². The molecule has 0 bridgehead atoms. The molecule has 0 atom stereocenters. The third-order valence-corrected chi connectivity index (χ3v) is 5.20. The maximum absolute atomic E-state index is 4.79. The Kier molecular flexibility index (Phi) is 6.94. The number of hydrogen-bond donors (Lipinski definition) is 0. The molecule has 0 aliphatic carbocycles. The largest absolute Gasteiger partial charge is 0.252 e. The van der Waals surface area contributed by atoms with Crippen LogP contribution in [0.15, 0.2) is 76.7 Å². The fourth-order valence-electron chi connectivity index (χ4n) is 3.21. The standard InChI is InChI=1S/C27H31N3/c1-18(2)22-10-14-24(15-11-22)28-20(5)26-8-7-9-27(30-26)21(6)29-25-16-12-23(13-17-25)19(3)4/h7-19H,1-6H3. The quantitative estimate of drug-likeness (QED) is 0.394. The monoisotopic (exact) mass is 397 g/mol. The van der Waals surface area contributed by atoms with E-state index in [1.165, 1.54) is 11.1 Å². The van der Waals surface area contributed by atoms with E-state index in [9.17, 15) is 0 Å². The molecule has 3 nitrogen and oxygen atoms in total. The number of aliphatic imine (C=N–C) groups is 2. The summed E-state index contributed by atoms with van der Waals surface area (Å²) in [7, 11) is 0. The topological polar surface area (TPSA) is 37.6 Å². The molecule has 3 aromatic rings. The Morgan fingerprint density at radius 3 is 1.30 bits per heavy atom. The molecule has 30 heavy (non-hydrogen) atoms. The third-order valence-electron chi connectivity index (χ3n) is 5.20. The van der Waals surface area contributed by atoms with Crippen molar-refractivity contribution in [3.05, 3.63) is 89.2 Å². The molecular weight excluding hydrogens is 366 g/mol. The fourth-order valence-corrected chi connectivity index (χ4v) is 3.21. The van der Waals surface area contributed by atoms with Gasteiger partial charge >= 0.3 is 0 Å². The summed E-state index contributed by atoms with van der Waals surface area (Å²) in [6, 6.07) is 22.8. The summed E-state index contributed by atoms with van der Waals surface area (Å²) >= 11 is 0. The minimum absolute atomic E-state index is 0.520. The lowest BCUT2D eigenvalue weighted by Crippen LogP contribution is -2.05. The highest BCUT2D eigenvalue weighted by atomic mass is 14.8. The molecule has 3 rings (SSSR count). The number of nitrogens with zero attached hydrogens (tertiary/aromatic N) is 3. The van der Waals surface area contributed by atoms with E-state index in [4.69, 9.17) is 15.0 Å². The molecular formula is C27H31N3. The molecule has 0 saturated carbocycles. The van der Waals surface area contributed by atoms with Crippen molar-refractivity contribution in [3.8, 4) is 0 Å². The van der Waals surface area contributed by atoms with Crippen molar-refractivity contribution in [1.29, 1.82) is 0 Å². The number of hydrogen-bond acceptors (Lipinski definition) is 3. The van der Waals surface area contributed by atoms with E-state index in [1.54, 1.807) is 0 Å². The molecule has 3 heteroatoms. The Morgan fingerprint density at radius 2 is 0.967 bits per heavy atom. The smallest absolute Gasteiger partial charge is 0.0849 e. The summed E-state index contributed by atoms with van der Waals surface area (Å²) in [5.41, 5.74) is 8.04. The molecule has 1 heterocycles. The zero-order valence-electron chi connectivity index (χ0n) is 18.8. The molecule has 0 radical (unpaired) electrons. The zero-order valence-corrected chi connectivity index (χ0v) is 18.8. The Hall–Kier alpha value is -3.07. The van der Waals surface area contributed by atoms with Gasteiger partial charge in [-0.15, -0.1) is 0 Å². The van der Waals surface area contributed by atoms with E-state index in [0.29, 0.717) is 11.8 Å². The number of aromatic nitrogens is 1. The van der Waals surface area contributed by atoms with Gasteiger partial charge in [-0.05, 0) is 73.2 Å². The summed E-state index contributed by atoms with van der Waals surface area (Å²) in [5, 5.41) is 0. The predicted molar refractivity (Wildman–Crippen MR) is 129 cm³/mol. The molecule has 2 aromatic carbocycles. The molecule has 154 valence electrons. The summed E-state index contributed by atoms with van der Waals surface area (Å²) in [5.74, 6) is 1.04. The number of rotatable bonds is 6. The molecule has 0 spiro atoms. The van der Waals surface area contributed by atoms with Crippen molar-refractivity contribution in [2.75, 3.05) is 0 Å². The van der Waals surface area contributed by atoms with Gasteiger partial charge in [0.15, 0.2) is 0 Å². The van der Waals surface area contributed by atoms with Crippen LogP contribution in [-0.4, -0.2) is 16.4 Å². The van der Waals surface area contributed by atoms with Crippen molar-refractivity contribution in [2.45, 2.75) is 53.4 Å². The zero-order chi connectivity index (χ0) is 21.7. The Labute approximate surface area is 180 Å². The minimum atomic E-state index is 0.520. The van der Waals surface area contributed by atoms with Crippen molar-refractivity contribution in [2.24, 2.45) is 9.98 Å². The molecule has 1 aromatic heterocycles. The number of pyridine rings is 1. The van der Waals surface area contributed by atoms with Gasteiger partial charge in [0.1, 0.15) is 0 Å². The van der Waals surface area contributed by atoms with Gasteiger partial charge in [-0.25, -0.2) is 4.98 Å². The van der Waals surface area contributed by atoms with Crippen LogP contribution >= 0.6 is 0 Å². The van der Waals surface area contributed by atoms with Gasteiger partial charge in [-0.1, -0.05) is 58.0 Å². The minimum Gasteiger partial charge on any atom is -0.252 e. The molecule has 0 saturated heterocycles. The third kappa shape index (κ3) is 5.50. The van der Waals surface area contributed by atoms with Gasteiger partial charge in [0.05, 0.1) is 34.2 Å². The highest BCUT2D eigenvalue weighted by molar-refractivity contribution is 6.02. The molecule has 0 aliphatic heterocycles. The van der Waals surface area contributed by atoms with Crippen LogP contribution in [0.3, 0.4) is 0 Å². The molecule has 0 N–H and O–H groups in total. The van der Waals surface area contributed by atoms with Crippen molar-refractivity contribution in [3.63, 3.8) is 0 Å². The SMILES string of the molecule is CC(=Nc1ccc(C(C)C)cc1)c1cccc(C(C)=Nc2ccc(C(C)C)cc2)n1. The van der Waals surface area contributed by atoms with Crippen LogP contribution in [-0.2, 0) is 0 Å².